The lowest BCUT2D eigenvalue weighted by Gasteiger charge is -2.21. The van der Waals surface area contributed by atoms with E-state index in [4.69, 9.17) is 0 Å². The fraction of sp³-hybridized carbons (Fsp3) is 0.400. The lowest BCUT2D eigenvalue weighted by molar-refractivity contribution is 0.0954. The Bertz CT molecular complexity index is 1350. The van der Waals surface area contributed by atoms with Crippen LogP contribution in [-0.2, 0) is 12.0 Å². The number of benzene rings is 2. The van der Waals surface area contributed by atoms with E-state index in [0.29, 0.717) is 16.6 Å². The lowest BCUT2D eigenvalue weighted by Crippen LogP contribution is -2.22. The Balaban J connectivity index is 1.52. The Kier molecular flexibility index (Phi) is 8.73. The first-order valence-electron chi connectivity index (χ1n) is 13.0. The molecule has 1 amide bonds. The number of H-pyrrole nitrogens is 1. The van der Waals surface area contributed by atoms with Gasteiger partial charge < -0.3 is 5.32 Å². The molecule has 0 fully saturated rings. The van der Waals surface area contributed by atoms with Crippen molar-refractivity contribution in [2.45, 2.75) is 77.0 Å². The number of rotatable bonds is 9. The molecule has 8 heteroatoms. The van der Waals surface area contributed by atoms with Crippen LogP contribution >= 0.6 is 23.1 Å². The number of thioether (sulfide) groups is 1. The predicted molar refractivity (Wildman–Crippen MR) is 158 cm³/mol. The van der Waals surface area contributed by atoms with E-state index >= 15 is 0 Å². The zero-order chi connectivity index (χ0) is 27.4. The minimum atomic E-state index is -0.118. The van der Waals surface area contributed by atoms with Crippen LogP contribution in [0.3, 0.4) is 0 Å². The first-order valence-corrected chi connectivity index (χ1v) is 14.7. The van der Waals surface area contributed by atoms with Gasteiger partial charge in [0.05, 0.1) is 11.4 Å². The summed E-state index contributed by atoms with van der Waals surface area (Å²) < 4.78 is 0. The number of aromatic nitrogens is 4. The van der Waals surface area contributed by atoms with Crippen LogP contribution in [0.1, 0.15) is 83.4 Å². The van der Waals surface area contributed by atoms with Crippen molar-refractivity contribution >= 4 is 29.0 Å². The summed E-state index contributed by atoms with van der Waals surface area (Å²) in [6, 6.07) is 17.6. The number of carbonyl (C=O) groups excluding carboxylic acids is 1. The van der Waals surface area contributed by atoms with Gasteiger partial charge in [-0.2, -0.15) is 5.21 Å². The predicted octanol–water partition coefficient (Wildman–Crippen LogP) is 7.65. The quantitative estimate of drug-likeness (QED) is 0.210. The smallest absolute Gasteiger partial charge is 0.261 e. The van der Waals surface area contributed by atoms with Crippen LogP contribution in [0.5, 0.6) is 0 Å². The van der Waals surface area contributed by atoms with Crippen LogP contribution in [0.15, 0.2) is 53.4 Å². The lowest BCUT2D eigenvalue weighted by atomic mass is 9.85. The Morgan fingerprint density at radius 2 is 1.74 bits per heavy atom. The third-order valence-electron chi connectivity index (χ3n) is 6.47. The van der Waals surface area contributed by atoms with Crippen molar-refractivity contribution in [1.82, 2.24) is 25.9 Å². The maximum Gasteiger partial charge on any atom is 0.261 e. The molecule has 0 spiro atoms. The van der Waals surface area contributed by atoms with Crippen molar-refractivity contribution in [3.8, 4) is 11.1 Å². The third-order valence-corrected chi connectivity index (χ3v) is 9.06. The fourth-order valence-corrected chi connectivity index (χ4v) is 7.25. The van der Waals surface area contributed by atoms with E-state index in [0.717, 1.165) is 6.42 Å². The molecule has 1 atom stereocenters. The molecule has 0 bridgehead atoms. The molecule has 4 rings (SSSR count). The van der Waals surface area contributed by atoms with E-state index in [2.05, 4.69) is 117 Å². The SMILES string of the molecule is Cc1cc(SC(CC(C)C)c2ccc(C(=O)NCc3nn[nH]n3)s2)cc(C)c1-c1ccc(C(C)(C)C)cc1. The number of hydrogen-bond acceptors (Lipinski definition) is 6. The summed E-state index contributed by atoms with van der Waals surface area (Å²) in [4.78, 5) is 15.9. The minimum absolute atomic E-state index is 0.118. The maximum absolute atomic E-state index is 12.7. The van der Waals surface area contributed by atoms with Gasteiger partial charge in [0.15, 0.2) is 5.82 Å². The largest absolute Gasteiger partial charge is 0.344 e. The van der Waals surface area contributed by atoms with Crippen LogP contribution in [0, 0.1) is 19.8 Å². The van der Waals surface area contributed by atoms with E-state index in [-0.39, 0.29) is 23.1 Å². The van der Waals surface area contributed by atoms with Gasteiger partial charge in [0, 0.05) is 15.0 Å². The van der Waals surface area contributed by atoms with Crippen molar-refractivity contribution in [2.24, 2.45) is 5.92 Å². The average molecular weight is 548 g/mol. The van der Waals surface area contributed by atoms with Gasteiger partial charge in [0.1, 0.15) is 0 Å². The summed E-state index contributed by atoms with van der Waals surface area (Å²) in [5.41, 5.74) is 6.63. The molecule has 4 aromatic rings. The van der Waals surface area contributed by atoms with Crippen molar-refractivity contribution in [3.63, 3.8) is 0 Å². The number of aryl methyl sites for hydroxylation is 2. The summed E-state index contributed by atoms with van der Waals surface area (Å²) in [6.45, 7) is 15.9. The summed E-state index contributed by atoms with van der Waals surface area (Å²) in [7, 11) is 0. The molecule has 6 nitrogen and oxygen atoms in total. The molecule has 2 N–H and O–H groups in total. The van der Waals surface area contributed by atoms with Gasteiger partial charge in [-0.15, -0.1) is 33.3 Å². The number of nitrogens with zero attached hydrogens (tertiary/aromatic N) is 3. The molecule has 0 aliphatic carbocycles. The highest BCUT2D eigenvalue weighted by Gasteiger charge is 2.21. The number of nitrogens with one attached hydrogen (secondary N) is 2. The minimum Gasteiger partial charge on any atom is -0.344 e. The normalized spacial score (nSPS) is 12.6. The second-order valence-corrected chi connectivity index (χ2v) is 13.6. The van der Waals surface area contributed by atoms with Crippen molar-refractivity contribution in [2.75, 3.05) is 0 Å². The highest BCUT2D eigenvalue weighted by atomic mass is 32.2. The molecule has 2 heterocycles. The van der Waals surface area contributed by atoms with Gasteiger partial charge in [-0.05, 0) is 83.7 Å². The molecule has 0 saturated heterocycles. The van der Waals surface area contributed by atoms with E-state index in [1.165, 1.54) is 37.6 Å². The van der Waals surface area contributed by atoms with Crippen LogP contribution < -0.4 is 5.32 Å². The summed E-state index contributed by atoms with van der Waals surface area (Å²) in [5.74, 6) is 0.878. The number of carbonyl (C=O) groups is 1. The zero-order valence-corrected chi connectivity index (χ0v) is 24.9. The number of tetrazole rings is 1. The number of thiophene rings is 1. The van der Waals surface area contributed by atoms with Gasteiger partial charge in [-0.1, -0.05) is 64.1 Å². The molecular formula is C30H37N5OS2. The van der Waals surface area contributed by atoms with E-state index < -0.39 is 0 Å². The molecule has 2 aromatic heterocycles. The van der Waals surface area contributed by atoms with Gasteiger partial charge in [-0.25, -0.2) is 0 Å². The summed E-state index contributed by atoms with van der Waals surface area (Å²) >= 11 is 3.45. The highest BCUT2D eigenvalue weighted by Crippen LogP contribution is 2.44. The monoisotopic (exact) mass is 547 g/mol. The first kappa shape index (κ1) is 28.0. The van der Waals surface area contributed by atoms with E-state index in [9.17, 15) is 4.79 Å². The fourth-order valence-electron chi connectivity index (χ4n) is 4.55. The van der Waals surface area contributed by atoms with Crippen molar-refractivity contribution < 1.29 is 4.79 Å². The highest BCUT2D eigenvalue weighted by molar-refractivity contribution is 7.99. The first-order chi connectivity index (χ1) is 18.0. The average Bonchev–Trinajstić information content (AvgIpc) is 3.54. The third kappa shape index (κ3) is 6.91. The molecule has 0 aliphatic rings. The Hall–Kier alpha value is -2.97. The van der Waals surface area contributed by atoms with Crippen molar-refractivity contribution in [1.29, 1.82) is 0 Å². The maximum atomic E-state index is 12.7. The van der Waals surface area contributed by atoms with Gasteiger partial charge >= 0.3 is 0 Å². The van der Waals surface area contributed by atoms with Gasteiger partial charge in [0.25, 0.3) is 5.91 Å². The van der Waals surface area contributed by atoms with E-state index in [1.54, 1.807) is 11.3 Å². The number of aromatic amines is 1. The molecular weight excluding hydrogens is 510 g/mol. The molecule has 1 unspecified atom stereocenters. The topological polar surface area (TPSA) is 83.6 Å². The second kappa shape index (κ2) is 11.8. The van der Waals surface area contributed by atoms with Crippen LogP contribution in [0.25, 0.3) is 11.1 Å². The van der Waals surface area contributed by atoms with E-state index in [1.807, 2.05) is 17.8 Å². The molecule has 0 radical (unpaired) electrons. The summed E-state index contributed by atoms with van der Waals surface area (Å²) in [5, 5.41) is 16.8. The molecule has 38 heavy (non-hydrogen) atoms. The van der Waals surface area contributed by atoms with Crippen molar-refractivity contribution in [3.05, 3.63) is 80.8 Å². The second-order valence-electron chi connectivity index (χ2n) is 11.2. The Morgan fingerprint density at radius 1 is 1.05 bits per heavy atom. The van der Waals surface area contributed by atoms with Crippen LogP contribution in [0.4, 0.5) is 0 Å². The summed E-state index contributed by atoms with van der Waals surface area (Å²) in [6.07, 6.45) is 1.03. The molecule has 200 valence electrons. The molecule has 0 saturated carbocycles. The van der Waals surface area contributed by atoms with Gasteiger partial charge in [-0.3, -0.25) is 4.79 Å². The zero-order valence-electron chi connectivity index (χ0n) is 23.3. The van der Waals surface area contributed by atoms with Crippen LogP contribution in [0.2, 0.25) is 0 Å². The van der Waals surface area contributed by atoms with Gasteiger partial charge in [0.2, 0.25) is 0 Å². The Morgan fingerprint density at radius 3 is 2.32 bits per heavy atom. The number of amides is 1. The standard InChI is InChI=1S/C30H37N5OS2/c1-18(2)14-26(24-12-13-25(38-24)29(36)31-17-27-32-34-35-33-27)37-23-15-19(3)28(20(4)16-23)21-8-10-22(11-9-21)30(5,6)7/h8-13,15-16,18,26H,14,17H2,1-7H3,(H,31,36)(H,32,33,34,35). The molecule has 0 aliphatic heterocycles. The number of hydrogen-bond donors (Lipinski definition) is 2. The molecule has 2 aromatic carbocycles. The van der Waals surface area contributed by atoms with Crippen LogP contribution in [-0.4, -0.2) is 26.5 Å². The Labute approximate surface area is 234 Å².